The Balaban J connectivity index is 0.931. The highest BCUT2D eigenvalue weighted by atomic mass is 32.1. The zero-order valence-electron chi connectivity index (χ0n) is 28.9. The topological polar surface area (TPSA) is 91.4 Å². The van der Waals surface area contributed by atoms with Gasteiger partial charge < -0.3 is 23.7 Å². The molecular weight excluding hydrogens is 659 g/mol. The van der Waals surface area contributed by atoms with Gasteiger partial charge in [0.05, 0.1) is 0 Å². The molecule has 6 heterocycles. The summed E-state index contributed by atoms with van der Waals surface area (Å²) in [6.45, 7) is 2.42. The first-order chi connectivity index (χ1) is 24.7. The number of allylic oxidation sites excluding steroid dienone is 2. The molecule has 2 amide bonds. The summed E-state index contributed by atoms with van der Waals surface area (Å²) in [6.07, 6.45) is 18.7. The Hall–Kier alpha value is -4.96. The first kappa shape index (κ1) is 32.0. The van der Waals surface area contributed by atoms with E-state index in [1.807, 2.05) is 42.9 Å². The molecule has 3 aliphatic heterocycles. The van der Waals surface area contributed by atoms with Crippen molar-refractivity contribution in [1.29, 1.82) is 0 Å². The quantitative estimate of drug-likeness (QED) is 0.236. The summed E-state index contributed by atoms with van der Waals surface area (Å²) in [6, 6.07) is 12.4. The van der Waals surface area contributed by atoms with Crippen LogP contribution in [-0.2, 0) is 11.2 Å². The van der Waals surface area contributed by atoms with E-state index in [0.717, 1.165) is 58.8 Å². The lowest BCUT2D eigenvalue weighted by molar-refractivity contribution is -0.126. The Kier molecular flexibility index (Phi) is 7.76. The summed E-state index contributed by atoms with van der Waals surface area (Å²) in [7, 11) is 3.63. The number of benzene rings is 1. The van der Waals surface area contributed by atoms with Crippen LogP contribution in [0.5, 0.6) is 0 Å². The zero-order valence-corrected chi connectivity index (χ0v) is 29.7. The molecule has 0 N–H and O–H groups in total. The minimum absolute atomic E-state index is 0.0286. The first-order valence-corrected chi connectivity index (χ1v) is 18.8. The van der Waals surface area contributed by atoms with E-state index in [4.69, 9.17) is 9.41 Å². The summed E-state index contributed by atoms with van der Waals surface area (Å²) in [4.78, 5) is 49.7. The summed E-state index contributed by atoms with van der Waals surface area (Å²) in [5.74, 6) is 0.658. The van der Waals surface area contributed by atoms with E-state index >= 15 is 0 Å². The average Bonchev–Trinajstić information content (AvgIpc) is 3.59. The molecule has 1 unspecified atom stereocenters. The van der Waals surface area contributed by atoms with E-state index in [9.17, 15) is 14.4 Å². The number of nitrogens with zero attached hydrogens (tertiary/aromatic N) is 5. The fourth-order valence-electron chi connectivity index (χ4n) is 8.01. The molecule has 51 heavy (non-hydrogen) atoms. The number of hydrogen-bond acceptors (Lipinski definition) is 7. The van der Waals surface area contributed by atoms with Gasteiger partial charge in [0.15, 0.2) is 11.5 Å². The zero-order chi connectivity index (χ0) is 34.9. The molecule has 4 aromatic rings. The van der Waals surface area contributed by atoms with Gasteiger partial charge in [0.1, 0.15) is 21.4 Å². The van der Waals surface area contributed by atoms with Crippen molar-refractivity contribution < 1.29 is 14.0 Å². The van der Waals surface area contributed by atoms with Gasteiger partial charge in [-0.05, 0) is 54.2 Å². The van der Waals surface area contributed by atoms with Crippen LogP contribution in [0.15, 0.2) is 91.4 Å². The molecular formula is C41H40N5O4S. The molecule has 1 saturated heterocycles. The molecule has 2 bridgehead atoms. The lowest BCUT2D eigenvalue weighted by Gasteiger charge is -2.34. The second-order valence-corrected chi connectivity index (χ2v) is 15.5. The molecule has 1 saturated carbocycles. The van der Waals surface area contributed by atoms with Gasteiger partial charge in [-0.3, -0.25) is 19.4 Å². The Morgan fingerprint density at radius 2 is 1.82 bits per heavy atom. The number of thiophene rings is 1. The molecule has 10 heteroatoms. The standard InChI is InChI=1S/C41H40N5O4S/c1-43(2)40(49)33-21-30-20-27-23-41(24-27,42-38(30)46(33)31-7-3-4-8-31)15-5-6-26-9-11-28(12-10-26)32-25-51-37-34(47)22-35(50-36(32)37)44-16-18-45(19-17-44)39(48)29-13-14-29/h5,9-15,20-23,25,31H,3-4,6-8,16-19,24H2,1-2H3/b15-5+. The molecule has 259 valence electrons. The normalized spacial score (nSPS) is 21.1. The third kappa shape index (κ3) is 5.79. The van der Waals surface area contributed by atoms with Crippen molar-refractivity contribution in [2.75, 3.05) is 45.2 Å². The molecule has 1 atom stereocenters. The highest BCUT2D eigenvalue weighted by Gasteiger charge is 2.36. The Bertz CT molecular complexity index is 2360. The maximum Gasteiger partial charge on any atom is 0.270 e. The van der Waals surface area contributed by atoms with Crippen LogP contribution in [0.25, 0.3) is 27.5 Å². The number of carbonyl (C=O) groups is 2. The van der Waals surface area contributed by atoms with Gasteiger partial charge in [0.2, 0.25) is 11.3 Å². The molecule has 1 radical (unpaired) electrons. The maximum atomic E-state index is 13.2. The van der Waals surface area contributed by atoms with Gasteiger partial charge in [-0.1, -0.05) is 55.3 Å². The number of hydrogen-bond donors (Lipinski definition) is 0. The van der Waals surface area contributed by atoms with Crippen molar-refractivity contribution in [3.05, 3.63) is 116 Å². The van der Waals surface area contributed by atoms with Crippen LogP contribution in [-0.4, -0.2) is 72.0 Å². The van der Waals surface area contributed by atoms with E-state index < -0.39 is 5.54 Å². The van der Waals surface area contributed by atoms with Crippen LogP contribution < -0.4 is 21.0 Å². The molecule has 9 nitrogen and oxygen atoms in total. The average molecular weight is 699 g/mol. The van der Waals surface area contributed by atoms with Gasteiger partial charge in [0.25, 0.3) is 5.91 Å². The molecule has 10 rings (SSSR count). The fourth-order valence-corrected chi connectivity index (χ4v) is 8.92. The Labute approximate surface area is 300 Å². The van der Waals surface area contributed by atoms with E-state index in [2.05, 4.69) is 58.0 Å². The van der Waals surface area contributed by atoms with E-state index in [1.54, 1.807) is 11.0 Å². The van der Waals surface area contributed by atoms with Crippen molar-refractivity contribution in [3.63, 3.8) is 0 Å². The van der Waals surface area contributed by atoms with Crippen LogP contribution in [0.2, 0.25) is 0 Å². The molecule has 3 aliphatic carbocycles. The number of piperazine rings is 1. The summed E-state index contributed by atoms with van der Waals surface area (Å²) < 4.78 is 9.26. The summed E-state index contributed by atoms with van der Waals surface area (Å²) in [5, 5.41) is 3.05. The third-order valence-corrected chi connectivity index (χ3v) is 11.8. The van der Waals surface area contributed by atoms with Crippen LogP contribution in [0.3, 0.4) is 0 Å². The number of fused-ring (bicyclic) bond motifs is 1. The largest absolute Gasteiger partial charge is 0.439 e. The maximum absolute atomic E-state index is 13.2. The first-order valence-electron chi connectivity index (χ1n) is 17.9. The van der Waals surface area contributed by atoms with E-state index in [1.165, 1.54) is 35.3 Å². The van der Waals surface area contributed by atoms with Gasteiger partial charge in [0, 0.05) is 87.0 Å². The van der Waals surface area contributed by atoms with Crippen molar-refractivity contribution >= 4 is 45.4 Å². The van der Waals surface area contributed by atoms with Crippen LogP contribution in [0.1, 0.15) is 54.2 Å². The second kappa shape index (κ2) is 12.4. The molecule has 2 fully saturated rings. The minimum Gasteiger partial charge on any atom is -0.439 e. The predicted octanol–water partition coefficient (Wildman–Crippen LogP) is 5.21. The van der Waals surface area contributed by atoms with Gasteiger partial charge >= 0.3 is 0 Å². The highest BCUT2D eigenvalue weighted by molar-refractivity contribution is 7.17. The molecule has 3 aromatic heterocycles. The lowest BCUT2D eigenvalue weighted by Crippen LogP contribution is -2.48. The number of rotatable bonds is 8. The summed E-state index contributed by atoms with van der Waals surface area (Å²) >= 11 is 1.41. The predicted molar refractivity (Wildman–Crippen MR) is 200 cm³/mol. The van der Waals surface area contributed by atoms with Gasteiger partial charge in [-0.2, -0.15) is 0 Å². The third-order valence-electron chi connectivity index (χ3n) is 10.8. The Morgan fingerprint density at radius 1 is 1.08 bits per heavy atom. The van der Waals surface area contributed by atoms with E-state index in [0.29, 0.717) is 48.4 Å². The lowest BCUT2D eigenvalue weighted by atomic mass is 9.79. The van der Waals surface area contributed by atoms with Gasteiger partial charge in [-0.15, -0.1) is 11.3 Å². The minimum atomic E-state index is -0.398. The van der Waals surface area contributed by atoms with Crippen molar-refractivity contribution in [1.82, 2.24) is 14.4 Å². The van der Waals surface area contributed by atoms with Crippen molar-refractivity contribution in [2.24, 2.45) is 4.99 Å². The smallest absolute Gasteiger partial charge is 0.270 e. The SMILES string of the molecule is CN(C)C(=O)c1cc2c(n1C1CCCC1)=NC1(/C=C/Cc3ccc(-c4csc5c(=O)cc(N6CCN(C(=O)C7=C[CH]7)CC6)oc45)cc3)C=C(C=2)C1. The van der Waals surface area contributed by atoms with E-state index in [-0.39, 0.29) is 17.2 Å². The van der Waals surface area contributed by atoms with Gasteiger partial charge in [-0.25, -0.2) is 0 Å². The molecule has 0 spiro atoms. The number of carbonyl (C=O) groups excluding carboxylic acids is 2. The van der Waals surface area contributed by atoms with Crippen LogP contribution in [0.4, 0.5) is 5.88 Å². The van der Waals surface area contributed by atoms with Crippen LogP contribution in [0, 0.1) is 6.42 Å². The summed E-state index contributed by atoms with van der Waals surface area (Å²) in [5.41, 5.74) is 6.98. The number of aromatic nitrogens is 1. The van der Waals surface area contributed by atoms with Crippen LogP contribution >= 0.6 is 11.3 Å². The van der Waals surface area contributed by atoms with Crippen molar-refractivity contribution in [2.45, 2.75) is 50.1 Å². The van der Waals surface area contributed by atoms with Crippen molar-refractivity contribution in [3.8, 4) is 11.1 Å². The number of amides is 2. The second-order valence-electron chi connectivity index (χ2n) is 14.6. The Morgan fingerprint density at radius 3 is 2.53 bits per heavy atom. The monoisotopic (exact) mass is 698 g/mol. The fraction of sp³-hybridized carbons (Fsp3) is 0.341. The molecule has 1 aromatic carbocycles. The highest BCUT2D eigenvalue weighted by Crippen LogP contribution is 2.39. The number of anilines is 1. The molecule has 6 aliphatic rings.